The lowest BCUT2D eigenvalue weighted by Crippen LogP contribution is -2.16. The van der Waals surface area contributed by atoms with Gasteiger partial charge >= 0.3 is 0 Å². The second-order valence-corrected chi connectivity index (χ2v) is 13.9. The van der Waals surface area contributed by atoms with Gasteiger partial charge in [0.25, 0.3) is 0 Å². The highest BCUT2D eigenvalue weighted by atomic mass is 15.2. The molecule has 0 unspecified atom stereocenters. The van der Waals surface area contributed by atoms with Crippen molar-refractivity contribution in [1.82, 2.24) is 0 Å². The van der Waals surface area contributed by atoms with Gasteiger partial charge in [-0.3, -0.25) is 0 Å². The van der Waals surface area contributed by atoms with Gasteiger partial charge in [-0.05, 0) is 102 Å². The van der Waals surface area contributed by atoms with Crippen LogP contribution >= 0.6 is 0 Å². The molecule has 0 aliphatic carbocycles. The van der Waals surface area contributed by atoms with E-state index < -0.39 is 0 Å². The van der Waals surface area contributed by atoms with E-state index in [9.17, 15) is 0 Å². The fraction of sp³-hybridized carbons (Fsp3) is 0. The first kappa shape index (κ1) is 35.1. The van der Waals surface area contributed by atoms with Crippen molar-refractivity contribution in [3.8, 4) is 22.3 Å². The van der Waals surface area contributed by atoms with Crippen LogP contribution in [0.2, 0.25) is 0 Å². The summed E-state index contributed by atoms with van der Waals surface area (Å²) in [4.78, 5) is 7.12. The molecule has 0 aliphatic rings. The molecule has 0 saturated carbocycles. The van der Waals surface area contributed by atoms with Gasteiger partial charge in [0.1, 0.15) is 0 Å². The van der Waals surface area contributed by atoms with E-state index in [1.54, 1.807) is 0 Å². The summed E-state index contributed by atoms with van der Waals surface area (Å²) in [7, 11) is 0. The molecular formula is C54H41N3. The van der Waals surface area contributed by atoms with Gasteiger partial charge < -0.3 is 14.7 Å². The van der Waals surface area contributed by atoms with Gasteiger partial charge in [-0.25, -0.2) is 0 Å². The van der Waals surface area contributed by atoms with Crippen molar-refractivity contribution >= 4 is 51.2 Å². The summed E-state index contributed by atoms with van der Waals surface area (Å²) in [6.45, 7) is 0. The number of rotatable bonds is 11. The number of benzene rings is 9. The molecule has 9 rings (SSSR count). The average molecular weight is 732 g/mol. The van der Waals surface area contributed by atoms with Crippen LogP contribution in [0.5, 0.6) is 0 Å². The number of nitrogens with zero attached hydrogens (tertiary/aromatic N) is 3. The molecule has 0 N–H and O–H groups in total. The van der Waals surface area contributed by atoms with Crippen molar-refractivity contribution in [2.24, 2.45) is 0 Å². The van der Waals surface area contributed by atoms with Crippen LogP contribution in [0.4, 0.5) is 51.2 Å². The van der Waals surface area contributed by atoms with Crippen LogP contribution in [0.15, 0.2) is 249 Å². The van der Waals surface area contributed by atoms with Crippen LogP contribution in [0, 0.1) is 0 Å². The number of anilines is 9. The molecule has 0 heterocycles. The Morgan fingerprint density at radius 1 is 0.193 bits per heavy atom. The molecule has 0 radical (unpaired) electrons. The number of hydrogen-bond donors (Lipinski definition) is 0. The minimum Gasteiger partial charge on any atom is -0.310 e. The highest BCUT2D eigenvalue weighted by Crippen LogP contribution is 2.48. The minimum atomic E-state index is 1.02. The zero-order valence-corrected chi connectivity index (χ0v) is 31.5. The zero-order valence-electron chi connectivity index (χ0n) is 31.5. The molecule has 0 aliphatic heterocycles. The Hall–Kier alpha value is -7.62. The molecule has 0 spiro atoms. The third-order valence-electron chi connectivity index (χ3n) is 10.2. The molecule has 0 atom stereocenters. The van der Waals surface area contributed by atoms with Gasteiger partial charge in [0.05, 0.1) is 22.7 Å². The predicted molar refractivity (Wildman–Crippen MR) is 241 cm³/mol. The van der Waals surface area contributed by atoms with Gasteiger partial charge in [0.15, 0.2) is 0 Å². The molecule has 272 valence electrons. The van der Waals surface area contributed by atoms with Gasteiger partial charge in [-0.2, -0.15) is 0 Å². The molecule has 3 nitrogen and oxygen atoms in total. The SMILES string of the molecule is c1ccc(-c2ccc(-c3ccccc3)c(N(c3ccccc3)c3cc(N(c4ccccc4)c4ccccc4)cc(N(c4ccccc4)c4ccccc4)c3)c2)cc1. The van der Waals surface area contributed by atoms with Crippen LogP contribution in [0.3, 0.4) is 0 Å². The predicted octanol–water partition coefficient (Wildman–Crippen LogP) is 15.4. The summed E-state index contributed by atoms with van der Waals surface area (Å²) in [6.07, 6.45) is 0. The molecule has 0 aromatic heterocycles. The minimum absolute atomic E-state index is 1.02. The number of para-hydroxylation sites is 5. The summed E-state index contributed by atoms with van der Waals surface area (Å²) in [5.74, 6) is 0. The van der Waals surface area contributed by atoms with E-state index in [0.29, 0.717) is 0 Å². The van der Waals surface area contributed by atoms with Crippen molar-refractivity contribution < 1.29 is 0 Å². The first-order chi connectivity index (χ1) is 28.3. The summed E-state index contributed by atoms with van der Waals surface area (Å²) < 4.78 is 0. The van der Waals surface area contributed by atoms with E-state index in [1.807, 2.05) is 0 Å². The normalized spacial score (nSPS) is 10.8. The van der Waals surface area contributed by atoms with Gasteiger partial charge in [-0.1, -0.05) is 164 Å². The van der Waals surface area contributed by atoms with Crippen LogP contribution in [-0.4, -0.2) is 0 Å². The molecule has 9 aromatic rings. The Morgan fingerprint density at radius 2 is 0.491 bits per heavy atom. The maximum absolute atomic E-state index is 2.42. The maximum atomic E-state index is 2.42. The topological polar surface area (TPSA) is 9.72 Å². The Labute approximate surface area is 335 Å². The van der Waals surface area contributed by atoms with E-state index >= 15 is 0 Å². The van der Waals surface area contributed by atoms with E-state index in [0.717, 1.165) is 67.9 Å². The third kappa shape index (κ3) is 7.55. The third-order valence-corrected chi connectivity index (χ3v) is 10.2. The summed E-state index contributed by atoms with van der Waals surface area (Å²) in [5.41, 5.74) is 14.1. The molecular weight excluding hydrogens is 691 g/mol. The molecule has 57 heavy (non-hydrogen) atoms. The van der Waals surface area contributed by atoms with Crippen molar-refractivity contribution in [2.45, 2.75) is 0 Å². The second kappa shape index (κ2) is 16.4. The fourth-order valence-corrected chi connectivity index (χ4v) is 7.56. The lowest BCUT2D eigenvalue weighted by Gasteiger charge is -2.33. The number of hydrogen-bond acceptors (Lipinski definition) is 3. The van der Waals surface area contributed by atoms with Crippen molar-refractivity contribution in [3.05, 3.63) is 249 Å². The molecule has 0 fully saturated rings. The average Bonchev–Trinajstić information content (AvgIpc) is 3.29. The van der Waals surface area contributed by atoms with Crippen LogP contribution in [0.25, 0.3) is 22.3 Å². The smallest absolute Gasteiger partial charge is 0.0546 e. The Kier molecular flexibility index (Phi) is 10.1. The van der Waals surface area contributed by atoms with E-state index in [2.05, 4.69) is 263 Å². The van der Waals surface area contributed by atoms with E-state index in [-0.39, 0.29) is 0 Å². The van der Waals surface area contributed by atoms with Crippen molar-refractivity contribution in [3.63, 3.8) is 0 Å². The monoisotopic (exact) mass is 731 g/mol. The first-order valence-corrected chi connectivity index (χ1v) is 19.4. The Morgan fingerprint density at radius 3 is 0.860 bits per heavy atom. The highest BCUT2D eigenvalue weighted by Gasteiger charge is 2.24. The first-order valence-electron chi connectivity index (χ1n) is 19.4. The van der Waals surface area contributed by atoms with Crippen molar-refractivity contribution in [1.29, 1.82) is 0 Å². The Bertz CT molecular complexity index is 2470. The van der Waals surface area contributed by atoms with E-state index in [4.69, 9.17) is 0 Å². The summed E-state index contributed by atoms with van der Waals surface area (Å²) in [6, 6.07) is 88.5. The van der Waals surface area contributed by atoms with Gasteiger partial charge in [-0.15, -0.1) is 0 Å². The fourth-order valence-electron chi connectivity index (χ4n) is 7.56. The largest absolute Gasteiger partial charge is 0.310 e. The Balaban J connectivity index is 1.37. The second-order valence-electron chi connectivity index (χ2n) is 13.9. The molecule has 0 amide bonds. The maximum Gasteiger partial charge on any atom is 0.0546 e. The van der Waals surface area contributed by atoms with Gasteiger partial charge in [0, 0.05) is 34.0 Å². The van der Waals surface area contributed by atoms with Crippen molar-refractivity contribution in [2.75, 3.05) is 14.7 Å². The lowest BCUT2D eigenvalue weighted by atomic mass is 9.96. The molecule has 3 heteroatoms. The molecule has 9 aromatic carbocycles. The standard InChI is InChI=1S/C54H41N3/c1-8-22-42(23-9-1)44-36-37-53(43-24-10-2-11-25-43)54(38-44)57(49-34-20-7-21-35-49)52-40-50(55(45-26-12-3-13-27-45)46-28-14-4-15-29-46)39-51(41-52)56(47-30-16-5-17-31-47)48-32-18-6-19-33-48/h1-41H. The zero-order chi connectivity index (χ0) is 38.2. The lowest BCUT2D eigenvalue weighted by molar-refractivity contribution is 1.22. The van der Waals surface area contributed by atoms with Crippen LogP contribution < -0.4 is 14.7 Å². The molecule has 0 saturated heterocycles. The van der Waals surface area contributed by atoms with Gasteiger partial charge in [0.2, 0.25) is 0 Å². The molecule has 0 bridgehead atoms. The highest BCUT2D eigenvalue weighted by molar-refractivity contribution is 5.94. The van der Waals surface area contributed by atoms with E-state index in [1.165, 1.54) is 5.56 Å². The van der Waals surface area contributed by atoms with Crippen LogP contribution in [0.1, 0.15) is 0 Å². The van der Waals surface area contributed by atoms with Crippen LogP contribution in [-0.2, 0) is 0 Å². The quantitative estimate of drug-likeness (QED) is 0.131. The summed E-state index contributed by atoms with van der Waals surface area (Å²) >= 11 is 0. The summed E-state index contributed by atoms with van der Waals surface area (Å²) in [5, 5.41) is 0.